The molecule has 1 aromatic rings. The number of hydrazine groups is 1. The molecule has 0 spiro atoms. The Kier molecular flexibility index (Phi) is 4.81. The average molecular weight is 267 g/mol. The van der Waals surface area contributed by atoms with Gasteiger partial charge in [-0.15, -0.1) is 0 Å². The van der Waals surface area contributed by atoms with E-state index in [1.165, 1.54) is 18.2 Å². The van der Waals surface area contributed by atoms with Crippen molar-refractivity contribution < 1.29 is 19.2 Å². The third-order valence-electron chi connectivity index (χ3n) is 2.22. The van der Waals surface area contributed by atoms with Crippen LogP contribution in [0.15, 0.2) is 18.2 Å². The first-order chi connectivity index (χ1) is 8.95. The fraction of sp³-hybridized carbons (Fsp3) is 0.273. The largest absolute Gasteiger partial charge is 0.449 e. The van der Waals surface area contributed by atoms with Gasteiger partial charge in [0.05, 0.1) is 11.5 Å². The third kappa shape index (κ3) is 3.95. The van der Waals surface area contributed by atoms with Gasteiger partial charge in [-0.1, -0.05) is 0 Å². The van der Waals surface area contributed by atoms with E-state index in [0.29, 0.717) is 5.56 Å². The van der Waals surface area contributed by atoms with E-state index >= 15 is 0 Å². The van der Waals surface area contributed by atoms with Crippen molar-refractivity contribution in [3.8, 4) is 0 Å². The summed E-state index contributed by atoms with van der Waals surface area (Å²) in [6.45, 7) is 3.37. The summed E-state index contributed by atoms with van der Waals surface area (Å²) < 4.78 is 4.55. The van der Waals surface area contributed by atoms with Crippen molar-refractivity contribution in [3.63, 3.8) is 0 Å². The zero-order valence-electron chi connectivity index (χ0n) is 10.4. The van der Waals surface area contributed by atoms with Crippen LogP contribution in [0, 0.1) is 17.0 Å². The minimum absolute atomic E-state index is 0.104. The third-order valence-corrected chi connectivity index (χ3v) is 2.22. The number of aryl methyl sites for hydroxylation is 1. The zero-order valence-corrected chi connectivity index (χ0v) is 10.4. The maximum absolute atomic E-state index is 11.7. The van der Waals surface area contributed by atoms with Gasteiger partial charge in [-0.3, -0.25) is 20.3 Å². The molecule has 0 heterocycles. The number of rotatable bonds is 3. The summed E-state index contributed by atoms with van der Waals surface area (Å²) in [6, 6.07) is 3.81. The van der Waals surface area contributed by atoms with Crippen LogP contribution in [0.3, 0.4) is 0 Å². The standard InChI is InChI=1S/C11H13N3O5/c1-3-19-11(16)13-12-10(15)9-5-4-8(14(17)18)6-7(9)2/h4-6H,3H2,1-2H3,(H,12,15)(H,13,16). The highest BCUT2D eigenvalue weighted by atomic mass is 16.6. The van der Waals surface area contributed by atoms with E-state index in [2.05, 4.69) is 15.6 Å². The molecule has 0 aliphatic rings. The van der Waals surface area contributed by atoms with E-state index < -0.39 is 16.9 Å². The molecule has 8 heteroatoms. The van der Waals surface area contributed by atoms with Gasteiger partial charge in [0.25, 0.3) is 11.6 Å². The number of nitro groups is 1. The number of carbonyl (C=O) groups excluding carboxylic acids is 2. The molecule has 0 atom stereocenters. The van der Waals surface area contributed by atoms with E-state index in [-0.39, 0.29) is 17.9 Å². The van der Waals surface area contributed by atoms with E-state index in [0.717, 1.165) is 0 Å². The quantitative estimate of drug-likeness (QED) is 0.633. The minimum Gasteiger partial charge on any atom is -0.449 e. The lowest BCUT2D eigenvalue weighted by Crippen LogP contribution is -2.42. The van der Waals surface area contributed by atoms with Crippen molar-refractivity contribution in [2.24, 2.45) is 0 Å². The molecule has 8 nitrogen and oxygen atoms in total. The number of hydrogen-bond donors (Lipinski definition) is 2. The summed E-state index contributed by atoms with van der Waals surface area (Å²) in [5.41, 5.74) is 4.74. The molecule has 0 saturated carbocycles. The molecule has 2 amide bonds. The lowest BCUT2D eigenvalue weighted by atomic mass is 10.1. The molecule has 0 radical (unpaired) electrons. The molecule has 0 aliphatic heterocycles. The molecule has 0 unspecified atom stereocenters. The number of non-ortho nitro benzene ring substituents is 1. The number of hydrogen-bond acceptors (Lipinski definition) is 5. The smallest absolute Gasteiger partial charge is 0.426 e. The Morgan fingerprint density at radius 1 is 1.37 bits per heavy atom. The lowest BCUT2D eigenvalue weighted by Gasteiger charge is -2.08. The molecular formula is C11H13N3O5. The van der Waals surface area contributed by atoms with E-state index in [1.807, 2.05) is 0 Å². The Bertz CT molecular complexity index is 515. The SMILES string of the molecule is CCOC(=O)NNC(=O)c1ccc([N+](=O)[O-])cc1C. The number of nitrogens with one attached hydrogen (secondary N) is 2. The van der Waals surface area contributed by atoms with E-state index in [4.69, 9.17) is 0 Å². The van der Waals surface area contributed by atoms with Crippen LogP contribution in [0.2, 0.25) is 0 Å². The Balaban J connectivity index is 2.72. The van der Waals surface area contributed by atoms with Gasteiger partial charge in [-0.25, -0.2) is 10.2 Å². The van der Waals surface area contributed by atoms with Crippen LogP contribution < -0.4 is 10.9 Å². The Morgan fingerprint density at radius 2 is 2.05 bits per heavy atom. The van der Waals surface area contributed by atoms with Gasteiger partial charge in [-0.2, -0.15) is 0 Å². The molecular weight excluding hydrogens is 254 g/mol. The second kappa shape index (κ2) is 6.34. The molecule has 1 rings (SSSR count). The normalized spacial score (nSPS) is 9.58. The van der Waals surface area contributed by atoms with Crippen molar-refractivity contribution in [1.82, 2.24) is 10.9 Å². The number of ether oxygens (including phenoxy) is 1. The fourth-order valence-corrected chi connectivity index (χ4v) is 1.36. The second-order valence-corrected chi connectivity index (χ2v) is 3.56. The molecule has 1 aromatic carbocycles. The predicted octanol–water partition coefficient (Wildman–Crippen LogP) is 1.29. The lowest BCUT2D eigenvalue weighted by molar-refractivity contribution is -0.384. The van der Waals surface area contributed by atoms with Crippen molar-refractivity contribution >= 4 is 17.7 Å². The molecule has 19 heavy (non-hydrogen) atoms. The van der Waals surface area contributed by atoms with Crippen LogP contribution in [0.4, 0.5) is 10.5 Å². The van der Waals surface area contributed by atoms with Crippen LogP contribution >= 0.6 is 0 Å². The Hall–Kier alpha value is -2.64. The summed E-state index contributed by atoms with van der Waals surface area (Å²) in [5, 5.41) is 10.6. The first-order valence-electron chi connectivity index (χ1n) is 5.43. The van der Waals surface area contributed by atoms with Crippen LogP contribution in [0.1, 0.15) is 22.8 Å². The highest BCUT2D eigenvalue weighted by molar-refractivity contribution is 5.96. The highest BCUT2D eigenvalue weighted by Gasteiger charge is 2.14. The molecule has 0 saturated heterocycles. The van der Waals surface area contributed by atoms with Gasteiger partial charge in [-0.05, 0) is 25.5 Å². The number of benzene rings is 1. The number of nitrogens with zero attached hydrogens (tertiary/aromatic N) is 1. The van der Waals surface area contributed by atoms with Crippen LogP contribution in [-0.2, 0) is 4.74 Å². The fourth-order valence-electron chi connectivity index (χ4n) is 1.36. The van der Waals surface area contributed by atoms with Gasteiger partial charge in [0.15, 0.2) is 0 Å². The van der Waals surface area contributed by atoms with Gasteiger partial charge >= 0.3 is 6.09 Å². The molecule has 0 bridgehead atoms. The predicted molar refractivity (Wildman–Crippen MR) is 65.5 cm³/mol. The summed E-state index contributed by atoms with van der Waals surface area (Å²) in [4.78, 5) is 32.7. The molecule has 0 aromatic heterocycles. The molecule has 0 aliphatic carbocycles. The van der Waals surface area contributed by atoms with Gasteiger partial charge in [0.1, 0.15) is 0 Å². The molecule has 2 N–H and O–H groups in total. The van der Waals surface area contributed by atoms with E-state index in [1.54, 1.807) is 13.8 Å². The molecule has 0 fully saturated rings. The Labute approximate surface area is 108 Å². The van der Waals surface area contributed by atoms with Crippen molar-refractivity contribution in [3.05, 3.63) is 39.4 Å². The number of nitro benzene ring substituents is 1. The van der Waals surface area contributed by atoms with Crippen LogP contribution in [-0.4, -0.2) is 23.5 Å². The summed E-state index contributed by atoms with van der Waals surface area (Å²) in [6.07, 6.45) is -0.782. The van der Waals surface area contributed by atoms with Crippen molar-refractivity contribution in [1.29, 1.82) is 0 Å². The zero-order chi connectivity index (χ0) is 14.4. The maximum atomic E-state index is 11.7. The van der Waals surface area contributed by atoms with Crippen molar-refractivity contribution in [2.75, 3.05) is 6.61 Å². The number of amides is 2. The highest BCUT2D eigenvalue weighted by Crippen LogP contribution is 2.16. The van der Waals surface area contributed by atoms with E-state index in [9.17, 15) is 19.7 Å². The van der Waals surface area contributed by atoms with Gasteiger partial charge < -0.3 is 4.74 Å². The maximum Gasteiger partial charge on any atom is 0.426 e. The van der Waals surface area contributed by atoms with Gasteiger partial charge in [0.2, 0.25) is 0 Å². The van der Waals surface area contributed by atoms with Crippen LogP contribution in [0.25, 0.3) is 0 Å². The Morgan fingerprint density at radius 3 is 2.58 bits per heavy atom. The summed E-state index contributed by atoms with van der Waals surface area (Å²) >= 11 is 0. The van der Waals surface area contributed by atoms with Crippen LogP contribution in [0.5, 0.6) is 0 Å². The van der Waals surface area contributed by atoms with Crippen molar-refractivity contribution in [2.45, 2.75) is 13.8 Å². The second-order valence-electron chi connectivity index (χ2n) is 3.56. The summed E-state index contributed by atoms with van der Waals surface area (Å²) in [5.74, 6) is -0.583. The molecule has 102 valence electrons. The number of carbonyl (C=O) groups is 2. The first-order valence-corrected chi connectivity index (χ1v) is 5.43. The minimum atomic E-state index is -0.782. The summed E-state index contributed by atoms with van der Waals surface area (Å²) in [7, 11) is 0. The van der Waals surface area contributed by atoms with Gasteiger partial charge in [0, 0.05) is 17.7 Å². The monoisotopic (exact) mass is 267 g/mol. The first kappa shape index (κ1) is 14.4. The average Bonchev–Trinajstić information content (AvgIpc) is 2.36. The topological polar surface area (TPSA) is 111 Å².